The number of ether oxygens (including phenoxy) is 2. The van der Waals surface area contributed by atoms with Crippen LogP contribution >= 0.6 is 7.14 Å². The van der Waals surface area contributed by atoms with Crippen molar-refractivity contribution in [3.63, 3.8) is 0 Å². The van der Waals surface area contributed by atoms with Crippen molar-refractivity contribution in [1.29, 1.82) is 0 Å². The number of amides is 1. The summed E-state index contributed by atoms with van der Waals surface area (Å²) in [5.41, 5.74) is 1.45. The zero-order chi connectivity index (χ0) is 27.9. The second-order valence-electron chi connectivity index (χ2n) is 11.8. The summed E-state index contributed by atoms with van der Waals surface area (Å²) in [4.78, 5) is 26.1. The Bertz CT molecular complexity index is 1340. The van der Waals surface area contributed by atoms with Crippen LogP contribution in [0.4, 0.5) is 5.82 Å². The first kappa shape index (κ1) is 28.6. The SMILES string of the molecule is CC1[C@@H](OCP(C)(C)=O)O[C@@H](n2cnc3c(NC(=O)c4ccccc4)ncnc32)[C@H]1O[Si](C)(C)C(C)(C)C. The van der Waals surface area contributed by atoms with Crippen molar-refractivity contribution in [1.82, 2.24) is 19.5 Å². The van der Waals surface area contributed by atoms with Gasteiger partial charge in [0.25, 0.3) is 5.91 Å². The first-order valence-electron chi connectivity index (χ1n) is 12.7. The van der Waals surface area contributed by atoms with Crippen LogP contribution in [0.15, 0.2) is 43.0 Å². The standard InChI is InChI=1S/C26H38N5O5PSi/c1-17-20(36-38(7,8)26(2,3)4)24(35-25(17)34-16-37(5,6)33)31-15-29-19-21(27-14-28-22(19)31)30-23(32)18-12-10-9-11-13-18/h9-15,17,20,24-25H,16H2,1-8H3,(H,27,28,30,32)/t17?,20-,24+,25-/m0/s1. The molecule has 12 heteroatoms. The smallest absolute Gasteiger partial charge is 0.256 e. The molecule has 1 N–H and O–H groups in total. The zero-order valence-electron chi connectivity index (χ0n) is 23.3. The molecule has 1 aromatic carbocycles. The van der Waals surface area contributed by atoms with Gasteiger partial charge < -0.3 is 23.8 Å². The van der Waals surface area contributed by atoms with E-state index < -0.39 is 28.0 Å². The van der Waals surface area contributed by atoms with Gasteiger partial charge in [-0.05, 0) is 43.6 Å². The van der Waals surface area contributed by atoms with E-state index in [4.69, 9.17) is 13.9 Å². The highest BCUT2D eigenvalue weighted by molar-refractivity contribution is 7.62. The highest BCUT2D eigenvalue weighted by Crippen LogP contribution is 2.46. The lowest BCUT2D eigenvalue weighted by atomic mass is 10.1. The van der Waals surface area contributed by atoms with Crippen LogP contribution in [0.1, 0.15) is 44.3 Å². The number of nitrogens with one attached hydrogen (secondary N) is 1. The lowest BCUT2D eigenvalue weighted by Crippen LogP contribution is -2.46. The molecule has 1 saturated heterocycles. The fraction of sp³-hybridized carbons (Fsp3) is 0.538. The van der Waals surface area contributed by atoms with Crippen molar-refractivity contribution < 1.29 is 23.3 Å². The number of carbonyl (C=O) groups excluding carboxylic acids is 1. The molecule has 1 fully saturated rings. The zero-order valence-corrected chi connectivity index (χ0v) is 25.2. The minimum Gasteiger partial charge on any atom is -0.409 e. The normalized spacial score (nSPS) is 22.6. The minimum absolute atomic E-state index is 0.0210. The quantitative estimate of drug-likeness (QED) is 0.282. The summed E-state index contributed by atoms with van der Waals surface area (Å²) in [5.74, 6) is -0.125. The predicted octanol–water partition coefficient (Wildman–Crippen LogP) is 5.56. The Hall–Kier alpha value is -2.43. The molecule has 0 spiro atoms. The molecule has 0 radical (unpaired) electrons. The average molecular weight is 560 g/mol. The van der Waals surface area contributed by atoms with Crippen molar-refractivity contribution in [2.75, 3.05) is 25.0 Å². The first-order valence-corrected chi connectivity index (χ1v) is 18.4. The van der Waals surface area contributed by atoms with E-state index in [0.717, 1.165) is 0 Å². The highest BCUT2D eigenvalue weighted by atomic mass is 31.2. The lowest BCUT2D eigenvalue weighted by Gasteiger charge is -2.40. The van der Waals surface area contributed by atoms with Gasteiger partial charge in [0.2, 0.25) is 0 Å². The van der Waals surface area contributed by atoms with Crippen LogP contribution in [0.2, 0.25) is 18.1 Å². The summed E-state index contributed by atoms with van der Waals surface area (Å²) in [7, 11) is -4.62. The molecule has 3 heterocycles. The number of nitrogens with zero attached hydrogens (tertiary/aromatic N) is 4. The van der Waals surface area contributed by atoms with Crippen LogP contribution in [0.3, 0.4) is 0 Å². The second-order valence-corrected chi connectivity index (χ2v) is 20.0. The molecule has 0 saturated carbocycles. The van der Waals surface area contributed by atoms with E-state index in [1.54, 1.807) is 43.9 Å². The molecule has 2 aromatic heterocycles. The Balaban J connectivity index is 1.68. The topological polar surface area (TPSA) is 117 Å². The number of hydrogen-bond acceptors (Lipinski definition) is 8. The third kappa shape index (κ3) is 6.07. The third-order valence-corrected chi connectivity index (χ3v) is 12.4. The minimum atomic E-state index is -2.41. The molecule has 1 aliphatic heterocycles. The van der Waals surface area contributed by atoms with Gasteiger partial charge in [0, 0.05) is 11.5 Å². The van der Waals surface area contributed by atoms with Crippen LogP contribution in [0.25, 0.3) is 11.2 Å². The Morgan fingerprint density at radius 3 is 2.47 bits per heavy atom. The van der Waals surface area contributed by atoms with Crippen molar-refractivity contribution in [2.24, 2.45) is 5.92 Å². The Kier molecular flexibility index (Phi) is 7.98. The van der Waals surface area contributed by atoms with Gasteiger partial charge >= 0.3 is 0 Å². The van der Waals surface area contributed by atoms with E-state index in [2.05, 4.69) is 54.1 Å². The molecule has 4 rings (SSSR count). The number of anilines is 1. The van der Waals surface area contributed by atoms with E-state index in [9.17, 15) is 9.36 Å². The summed E-state index contributed by atoms with van der Waals surface area (Å²) in [6, 6.07) is 8.91. The van der Waals surface area contributed by atoms with Crippen molar-refractivity contribution in [3.05, 3.63) is 48.5 Å². The monoisotopic (exact) mass is 559 g/mol. The van der Waals surface area contributed by atoms with Gasteiger partial charge in [-0.1, -0.05) is 45.9 Å². The molecular weight excluding hydrogens is 521 g/mol. The lowest BCUT2D eigenvalue weighted by molar-refractivity contribution is -0.152. The summed E-state index contributed by atoms with van der Waals surface area (Å²) in [6.07, 6.45) is 1.58. The van der Waals surface area contributed by atoms with Gasteiger partial charge in [0.1, 0.15) is 19.8 Å². The molecule has 1 unspecified atom stereocenters. The maximum atomic E-state index is 12.8. The largest absolute Gasteiger partial charge is 0.409 e. The van der Waals surface area contributed by atoms with Crippen LogP contribution in [-0.2, 0) is 18.5 Å². The van der Waals surface area contributed by atoms with E-state index in [1.165, 1.54) is 6.33 Å². The Morgan fingerprint density at radius 2 is 1.84 bits per heavy atom. The predicted molar refractivity (Wildman–Crippen MR) is 150 cm³/mol. The number of aromatic nitrogens is 4. The Morgan fingerprint density at radius 1 is 1.16 bits per heavy atom. The van der Waals surface area contributed by atoms with Crippen LogP contribution in [0.5, 0.6) is 0 Å². The summed E-state index contributed by atoms with van der Waals surface area (Å²) < 4.78 is 33.5. The van der Waals surface area contributed by atoms with Crippen molar-refractivity contribution in [2.45, 2.75) is 64.4 Å². The highest BCUT2D eigenvalue weighted by Gasteiger charge is 2.50. The van der Waals surface area contributed by atoms with Gasteiger partial charge in [-0.25, -0.2) is 15.0 Å². The molecule has 3 aromatic rings. The second kappa shape index (κ2) is 10.6. The van der Waals surface area contributed by atoms with Gasteiger partial charge in [-0.2, -0.15) is 0 Å². The van der Waals surface area contributed by atoms with E-state index in [1.807, 2.05) is 17.6 Å². The van der Waals surface area contributed by atoms with Gasteiger partial charge in [0.15, 0.2) is 37.8 Å². The third-order valence-electron chi connectivity index (χ3n) is 7.19. The summed E-state index contributed by atoms with van der Waals surface area (Å²) in [6.45, 7) is 16.4. The van der Waals surface area contributed by atoms with Crippen LogP contribution in [0, 0.1) is 5.92 Å². The summed E-state index contributed by atoms with van der Waals surface area (Å²) >= 11 is 0. The maximum Gasteiger partial charge on any atom is 0.256 e. The van der Waals surface area contributed by atoms with Gasteiger partial charge in [-0.3, -0.25) is 9.36 Å². The fourth-order valence-electron chi connectivity index (χ4n) is 4.00. The van der Waals surface area contributed by atoms with Gasteiger partial charge in [0.05, 0.1) is 12.4 Å². The number of hydrogen-bond donors (Lipinski definition) is 1. The van der Waals surface area contributed by atoms with E-state index in [0.29, 0.717) is 22.5 Å². The molecular formula is C26H38N5O5PSi. The number of imidazole rings is 1. The molecule has 1 amide bonds. The number of fused-ring (bicyclic) bond motifs is 1. The van der Waals surface area contributed by atoms with Crippen molar-refractivity contribution in [3.8, 4) is 0 Å². The van der Waals surface area contributed by atoms with Crippen LogP contribution < -0.4 is 5.32 Å². The number of benzene rings is 1. The molecule has 0 bridgehead atoms. The van der Waals surface area contributed by atoms with E-state index >= 15 is 0 Å². The molecule has 1 aliphatic rings. The first-order chi connectivity index (χ1) is 17.7. The molecule has 206 valence electrons. The molecule has 38 heavy (non-hydrogen) atoms. The molecule has 10 nitrogen and oxygen atoms in total. The van der Waals surface area contributed by atoms with Crippen LogP contribution in [-0.4, -0.2) is 65.8 Å². The fourth-order valence-corrected chi connectivity index (χ4v) is 5.87. The molecule has 4 atom stereocenters. The summed E-state index contributed by atoms with van der Waals surface area (Å²) in [5, 5.41) is 2.82. The molecule has 0 aliphatic carbocycles. The maximum absolute atomic E-state index is 12.8. The van der Waals surface area contributed by atoms with E-state index in [-0.39, 0.29) is 29.3 Å². The van der Waals surface area contributed by atoms with Crippen molar-refractivity contribution >= 4 is 38.3 Å². The Labute approximate surface area is 225 Å². The number of rotatable bonds is 8. The average Bonchev–Trinajstić information content (AvgIpc) is 3.39. The van der Waals surface area contributed by atoms with Gasteiger partial charge in [-0.15, -0.1) is 0 Å². The number of carbonyl (C=O) groups is 1.